The molecule has 5 nitrogen and oxygen atoms in total. The van der Waals surface area contributed by atoms with E-state index in [1.807, 2.05) is 6.08 Å². The molecule has 0 aromatic heterocycles. The smallest absolute Gasteiger partial charge is 0.320 e. The number of carbonyl (C=O) groups excluding carboxylic acids is 1. The van der Waals surface area contributed by atoms with Crippen molar-refractivity contribution >= 4 is 5.97 Å². The summed E-state index contributed by atoms with van der Waals surface area (Å²) in [5.74, 6) is -0.230. The number of carbonyl (C=O) groups is 1. The van der Waals surface area contributed by atoms with Crippen LogP contribution < -0.4 is 5.73 Å². The molecule has 2 N–H and O–H groups in total. The monoisotopic (exact) mass is 355 g/mol. The third kappa shape index (κ3) is 8.34. The summed E-state index contributed by atoms with van der Waals surface area (Å²) in [7, 11) is 0. The number of nitrogens with two attached hydrogens (primary N) is 1. The Bertz CT molecular complexity index is 386. The number of hydrogen-bond acceptors (Lipinski definition) is 5. The highest BCUT2D eigenvalue weighted by Crippen LogP contribution is 2.27. The van der Waals surface area contributed by atoms with Crippen molar-refractivity contribution in [3.8, 4) is 0 Å². The summed E-state index contributed by atoms with van der Waals surface area (Å²) in [6, 6.07) is 0. The maximum atomic E-state index is 11.7. The second kappa shape index (κ2) is 13.3. The van der Waals surface area contributed by atoms with Gasteiger partial charge in [0.05, 0.1) is 13.2 Å². The molecule has 5 heteroatoms. The second-order valence-corrected chi connectivity index (χ2v) is 6.90. The molecule has 1 heterocycles. The van der Waals surface area contributed by atoms with Gasteiger partial charge in [-0.1, -0.05) is 58.6 Å². The Morgan fingerprint density at radius 3 is 2.60 bits per heavy atom. The molecule has 0 amide bonds. The normalized spacial score (nSPS) is 26.9. The van der Waals surface area contributed by atoms with Crippen LogP contribution in [0.1, 0.15) is 65.7 Å². The summed E-state index contributed by atoms with van der Waals surface area (Å²) < 4.78 is 17.5. The molecule has 1 aliphatic heterocycles. The van der Waals surface area contributed by atoms with Gasteiger partial charge in [0.1, 0.15) is 12.2 Å². The summed E-state index contributed by atoms with van der Waals surface area (Å²) in [5.41, 5.74) is 5.42. The van der Waals surface area contributed by atoms with Crippen LogP contribution in [0.4, 0.5) is 0 Å². The van der Waals surface area contributed by atoms with Crippen LogP contribution in [-0.2, 0) is 19.0 Å². The standard InChI is InChI=1S/C20H37NO4/c1-4-6-7-8-9-10-11-12-17-20(25-18(22)14-21)19(23-13-5-2)16(3)15-24-17/h11-12,16-17,19-20H,4-10,13-15,21H2,1-3H3/t16-,17-,19-,20+/m0/s1. The van der Waals surface area contributed by atoms with Gasteiger partial charge in [0.15, 0.2) is 6.10 Å². The number of unbranched alkanes of at least 4 members (excludes halogenated alkanes) is 5. The quantitative estimate of drug-likeness (QED) is 0.329. The van der Waals surface area contributed by atoms with E-state index in [1.54, 1.807) is 0 Å². The molecule has 1 aliphatic rings. The molecule has 0 bridgehead atoms. The summed E-state index contributed by atoms with van der Waals surface area (Å²) in [5, 5.41) is 0. The maximum Gasteiger partial charge on any atom is 0.320 e. The van der Waals surface area contributed by atoms with Crippen molar-refractivity contribution in [3.05, 3.63) is 12.2 Å². The average molecular weight is 356 g/mol. The minimum Gasteiger partial charge on any atom is -0.455 e. The summed E-state index contributed by atoms with van der Waals surface area (Å²) >= 11 is 0. The minimum absolute atomic E-state index is 0.126. The van der Waals surface area contributed by atoms with Crippen molar-refractivity contribution in [1.82, 2.24) is 0 Å². The topological polar surface area (TPSA) is 70.8 Å². The van der Waals surface area contributed by atoms with E-state index in [1.165, 1.54) is 32.1 Å². The second-order valence-electron chi connectivity index (χ2n) is 6.90. The first-order valence-corrected chi connectivity index (χ1v) is 9.93. The van der Waals surface area contributed by atoms with Gasteiger partial charge >= 0.3 is 5.97 Å². The van der Waals surface area contributed by atoms with Gasteiger partial charge in [-0.05, 0) is 19.3 Å². The first kappa shape index (κ1) is 22.1. The Morgan fingerprint density at radius 1 is 1.16 bits per heavy atom. The molecule has 1 saturated heterocycles. The first-order chi connectivity index (χ1) is 12.1. The van der Waals surface area contributed by atoms with Crippen LogP contribution in [0, 0.1) is 5.92 Å². The molecule has 1 fully saturated rings. The molecule has 25 heavy (non-hydrogen) atoms. The van der Waals surface area contributed by atoms with Gasteiger partial charge in [0, 0.05) is 12.5 Å². The van der Waals surface area contributed by atoms with Crippen molar-refractivity contribution in [1.29, 1.82) is 0 Å². The van der Waals surface area contributed by atoms with E-state index in [0.717, 1.165) is 12.8 Å². The van der Waals surface area contributed by atoms with E-state index < -0.39 is 12.1 Å². The third-order valence-electron chi connectivity index (χ3n) is 4.51. The van der Waals surface area contributed by atoms with Crippen LogP contribution >= 0.6 is 0 Å². The number of ether oxygens (including phenoxy) is 3. The maximum absolute atomic E-state index is 11.7. The molecule has 0 aromatic rings. The minimum atomic E-state index is -0.428. The lowest BCUT2D eigenvalue weighted by atomic mass is 9.92. The van der Waals surface area contributed by atoms with E-state index in [4.69, 9.17) is 19.9 Å². The van der Waals surface area contributed by atoms with Crippen LogP contribution in [0.3, 0.4) is 0 Å². The lowest BCUT2D eigenvalue weighted by Gasteiger charge is -2.39. The van der Waals surface area contributed by atoms with Crippen LogP contribution in [0.2, 0.25) is 0 Å². The van der Waals surface area contributed by atoms with Crippen molar-refractivity contribution in [2.45, 2.75) is 84.0 Å². The lowest BCUT2D eigenvalue weighted by molar-refractivity contribution is -0.194. The fourth-order valence-electron chi connectivity index (χ4n) is 3.07. The lowest BCUT2D eigenvalue weighted by Crippen LogP contribution is -2.52. The molecule has 1 rings (SSSR count). The zero-order valence-electron chi connectivity index (χ0n) is 16.2. The Morgan fingerprint density at radius 2 is 1.92 bits per heavy atom. The van der Waals surface area contributed by atoms with Crippen LogP contribution in [0.25, 0.3) is 0 Å². The highest BCUT2D eigenvalue weighted by atomic mass is 16.6. The molecular formula is C20H37NO4. The van der Waals surface area contributed by atoms with Gasteiger partial charge in [-0.3, -0.25) is 4.79 Å². The fraction of sp³-hybridized carbons (Fsp3) is 0.850. The summed E-state index contributed by atoms with van der Waals surface area (Å²) in [4.78, 5) is 11.7. The fourth-order valence-corrected chi connectivity index (χ4v) is 3.07. The molecule has 0 saturated carbocycles. The van der Waals surface area contributed by atoms with Crippen LogP contribution in [-0.4, -0.2) is 44.0 Å². The highest BCUT2D eigenvalue weighted by Gasteiger charge is 2.40. The highest BCUT2D eigenvalue weighted by molar-refractivity contribution is 5.71. The van der Waals surface area contributed by atoms with Crippen LogP contribution in [0.15, 0.2) is 12.2 Å². The van der Waals surface area contributed by atoms with Gasteiger partial charge in [0.2, 0.25) is 0 Å². The van der Waals surface area contributed by atoms with Gasteiger partial charge in [-0.25, -0.2) is 0 Å². The van der Waals surface area contributed by atoms with Crippen molar-refractivity contribution in [2.75, 3.05) is 19.8 Å². The number of rotatable bonds is 12. The zero-order chi connectivity index (χ0) is 18.5. The molecule has 146 valence electrons. The summed E-state index contributed by atoms with van der Waals surface area (Å²) in [6.45, 7) is 7.49. The van der Waals surface area contributed by atoms with E-state index in [9.17, 15) is 4.79 Å². The Hall–Kier alpha value is -0.910. The predicted octanol–water partition coefficient (Wildman–Crippen LogP) is 3.60. The molecule has 0 aliphatic carbocycles. The number of allylic oxidation sites excluding steroid dienone is 1. The Labute approximate surface area is 153 Å². The van der Waals surface area contributed by atoms with Gasteiger partial charge in [-0.15, -0.1) is 0 Å². The summed E-state index contributed by atoms with van der Waals surface area (Å²) in [6.07, 6.45) is 11.6. The third-order valence-corrected chi connectivity index (χ3v) is 4.51. The van der Waals surface area contributed by atoms with Gasteiger partial charge in [0.25, 0.3) is 0 Å². The van der Waals surface area contributed by atoms with Gasteiger partial charge in [-0.2, -0.15) is 0 Å². The first-order valence-electron chi connectivity index (χ1n) is 9.93. The van der Waals surface area contributed by atoms with Crippen LogP contribution in [0.5, 0.6) is 0 Å². The van der Waals surface area contributed by atoms with E-state index in [-0.39, 0.29) is 24.7 Å². The molecule has 0 aromatic carbocycles. The molecule has 0 unspecified atom stereocenters. The number of esters is 1. The number of hydrogen-bond donors (Lipinski definition) is 1. The molecule has 0 spiro atoms. The van der Waals surface area contributed by atoms with E-state index in [0.29, 0.717) is 13.2 Å². The Kier molecular flexibility index (Phi) is 11.8. The zero-order valence-corrected chi connectivity index (χ0v) is 16.2. The Balaban J connectivity index is 2.61. The molecular weight excluding hydrogens is 318 g/mol. The van der Waals surface area contributed by atoms with Gasteiger partial charge < -0.3 is 19.9 Å². The van der Waals surface area contributed by atoms with Crippen molar-refractivity contribution in [2.24, 2.45) is 11.7 Å². The molecule has 4 atom stereocenters. The van der Waals surface area contributed by atoms with Crippen molar-refractivity contribution in [3.63, 3.8) is 0 Å². The van der Waals surface area contributed by atoms with E-state index >= 15 is 0 Å². The largest absolute Gasteiger partial charge is 0.455 e. The predicted molar refractivity (Wildman–Crippen MR) is 100 cm³/mol. The SMILES string of the molecule is CCCCCCCC=C[C@@H]1OC[C@H](C)[C@H](OCCC)[C@@H]1OC(=O)CN. The van der Waals surface area contributed by atoms with Crippen molar-refractivity contribution < 1.29 is 19.0 Å². The van der Waals surface area contributed by atoms with E-state index in [2.05, 4.69) is 26.8 Å². The average Bonchev–Trinajstić information content (AvgIpc) is 2.62. The molecule has 0 radical (unpaired) electrons.